The first-order chi connectivity index (χ1) is 7.66. The third kappa shape index (κ3) is 2.11. The minimum atomic E-state index is 0.0319. The number of anilines is 1. The SMILES string of the molecule is CC(=O)c1cc(N)cc(-c2ccccc2)c1. The Morgan fingerprint density at radius 3 is 2.31 bits per heavy atom. The number of benzene rings is 2. The number of nitrogen functional groups attached to an aromatic ring is 1. The molecule has 0 aliphatic carbocycles. The van der Waals surface area contributed by atoms with Gasteiger partial charge in [0.2, 0.25) is 0 Å². The van der Waals surface area contributed by atoms with Crippen molar-refractivity contribution >= 4 is 11.5 Å². The van der Waals surface area contributed by atoms with E-state index in [2.05, 4.69) is 0 Å². The Morgan fingerprint density at radius 2 is 1.69 bits per heavy atom. The molecule has 0 saturated carbocycles. The van der Waals surface area contributed by atoms with Gasteiger partial charge in [-0.2, -0.15) is 0 Å². The van der Waals surface area contributed by atoms with Gasteiger partial charge in [0.25, 0.3) is 0 Å². The molecule has 2 aromatic carbocycles. The van der Waals surface area contributed by atoms with Crippen LogP contribution in [0.1, 0.15) is 17.3 Å². The number of carbonyl (C=O) groups excluding carboxylic acids is 1. The van der Waals surface area contributed by atoms with Crippen LogP contribution in [0.15, 0.2) is 48.5 Å². The van der Waals surface area contributed by atoms with E-state index >= 15 is 0 Å². The van der Waals surface area contributed by atoms with E-state index < -0.39 is 0 Å². The molecule has 0 atom stereocenters. The number of nitrogens with two attached hydrogens (primary N) is 1. The second-order valence-electron chi connectivity index (χ2n) is 3.77. The van der Waals surface area contributed by atoms with Crippen LogP contribution in [-0.2, 0) is 0 Å². The fraction of sp³-hybridized carbons (Fsp3) is 0.0714. The Hall–Kier alpha value is -2.09. The Kier molecular flexibility index (Phi) is 2.73. The van der Waals surface area contributed by atoms with E-state index in [1.807, 2.05) is 42.5 Å². The summed E-state index contributed by atoms with van der Waals surface area (Å²) in [6, 6.07) is 15.3. The Morgan fingerprint density at radius 1 is 1.00 bits per heavy atom. The summed E-state index contributed by atoms with van der Waals surface area (Å²) in [6.45, 7) is 1.55. The average molecular weight is 211 g/mol. The van der Waals surface area contributed by atoms with Gasteiger partial charge in [-0.1, -0.05) is 30.3 Å². The van der Waals surface area contributed by atoms with E-state index in [4.69, 9.17) is 5.73 Å². The highest BCUT2D eigenvalue weighted by Gasteiger charge is 2.04. The first-order valence-corrected chi connectivity index (χ1v) is 5.14. The molecular weight excluding hydrogens is 198 g/mol. The maximum atomic E-state index is 11.3. The largest absolute Gasteiger partial charge is 0.399 e. The summed E-state index contributed by atoms with van der Waals surface area (Å²) in [5.41, 5.74) is 9.10. The lowest BCUT2D eigenvalue weighted by molar-refractivity contribution is 0.101. The van der Waals surface area contributed by atoms with E-state index in [9.17, 15) is 4.79 Å². The summed E-state index contributed by atoms with van der Waals surface area (Å²) >= 11 is 0. The zero-order chi connectivity index (χ0) is 11.5. The lowest BCUT2D eigenvalue weighted by atomic mass is 10.0. The molecule has 16 heavy (non-hydrogen) atoms. The maximum Gasteiger partial charge on any atom is 0.159 e. The highest BCUT2D eigenvalue weighted by Crippen LogP contribution is 2.23. The number of Topliss-reactive ketones (excluding diaryl/α,β-unsaturated/α-hetero) is 1. The van der Waals surface area contributed by atoms with Gasteiger partial charge in [0.1, 0.15) is 0 Å². The highest BCUT2D eigenvalue weighted by molar-refractivity contribution is 5.96. The van der Waals surface area contributed by atoms with Crippen molar-refractivity contribution in [2.24, 2.45) is 0 Å². The van der Waals surface area contributed by atoms with Gasteiger partial charge in [-0.3, -0.25) is 4.79 Å². The first-order valence-electron chi connectivity index (χ1n) is 5.14. The fourth-order valence-corrected chi connectivity index (χ4v) is 1.65. The summed E-state index contributed by atoms with van der Waals surface area (Å²) in [7, 11) is 0. The van der Waals surface area contributed by atoms with Crippen LogP contribution in [0.5, 0.6) is 0 Å². The molecule has 80 valence electrons. The topological polar surface area (TPSA) is 43.1 Å². The molecule has 0 saturated heterocycles. The summed E-state index contributed by atoms with van der Waals surface area (Å²) in [4.78, 5) is 11.3. The molecule has 0 aliphatic rings. The molecule has 0 heterocycles. The van der Waals surface area contributed by atoms with Crippen LogP contribution < -0.4 is 5.73 Å². The fourth-order valence-electron chi connectivity index (χ4n) is 1.65. The predicted molar refractivity (Wildman–Crippen MR) is 66.3 cm³/mol. The van der Waals surface area contributed by atoms with Gasteiger partial charge in [-0.05, 0) is 36.2 Å². The smallest absolute Gasteiger partial charge is 0.159 e. The molecule has 0 amide bonds. The molecule has 2 rings (SSSR count). The number of rotatable bonds is 2. The molecule has 0 aliphatic heterocycles. The molecule has 2 heteroatoms. The van der Waals surface area contributed by atoms with E-state index in [0.29, 0.717) is 11.3 Å². The summed E-state index contributed by atoms with van der Waals surface area (Å²) in [6.07, 6.45) is 0. The minimum absolute atomic E-state index is 0.0319. The Balaban J connectivity index is 2.54. The van der Waals surface area contributed by atoms with Gasteiger partial charge in [0, 0.05) is 11.3 Å². The van der Waals surface area contributed by atoms with Gasteiger partial charge < -0.3 is 5.73 Å². The molecule has 0 fully saturated rings. The van der Waals surface area contributed by atoms with Crippen molar-refractivity contribution in [3.63, 3.8) is 0 Å². The van der Waals surface area contributed by atoms with Crippen LogP contribution >= 0.6 is 0 Å². The highest BCUT2D eigenvalue weighted by atomic mass is 16.1. The maximum absolute atomic E-state index is 11.3. The normalized spacial score (nSPS) is 10.1. The van der Waals surface area contributed by atoms with Gasteiger partial charge >= 0.3 is 0 Å². The minimum Gasteiger partial charge on any atom is -0.399 e. The molecule has 0 spiro atoms. The van der Waals surface area contributed by atoms with Crippen LogP contribution in [0.25, 0.3) is 11.1 Å². The summed E-state index contributed by atoms with van der Waals surface area (Å²) in [5, 5.41) is 0. The molecule has 2 N–H and O–H groups in total. The molecule has 0 aromatic heterocycles. The molecule has 0 radical (unpaired) electrons. The van der Waals surface area contributed by atoms with Crippen LogP contribution in [0, 0.1) is 0 Å². The number of hydrogen-bond acceptors (Lipinski definition) is 2. The van der Waals surface area contributed by atoms with Crippen LogP contribution in [-0.4, -0.2) is 5.78 Å². The second kappa shape index (κ2) is 4.19. The quantitative estimate of drug-likeness (QED) is 0.612. The van der Waals surface area contributed by atoms with Gasteiger partial charge in [-0.25, -0.2) is 0 Å². The van der Waals surface area contributed by atoms with Crippen LogP contribution in [0.4, 0.5) is 5.69 Å². The van der Waals surface area contributed by atoms with Crippen molar-refractivity contribution in [1.29, 1.82) is 0 Å². The zero-order valence-corrected chi connectivity index (χ0v) is 9.10. The monoisotopic (exact) mass is 211 g/mol. The number of carbonyl (C=O) groups is 1. The van der Waals surface area contributed by atoms with Gasteiger partial charge in [0.15, 0.2) is 5.78 Å². The summed E-state index contributed by atoms with van der Waals surface area (Å²) < 4.78 is 0. The van der Waals surface area contributed by atoms with E-state index in [0.717, 1.165) is 11.1 Å². The van der Waals surface area contributed by atoms with Crippen molar-refractivity contribution < 1.29 is 4.79 Å². The molecule has 0 bridgehead atoms. The molecule has 2 nitrogen and oxygen atoms in total. The third-order valence-corrected chi connectivity index (χ3v) is 2.47. The Bertz CT molecular complexity index is 518. The predicted octanol–water partition coefficient (Wildman–Crippen LogP) is 3.14. The average Bonchev–Trinajstić information content (AvgIpc) is 2.29. The van der Waals surface area contributed by atoms with Crippen molar-refractivity contribution in [3.8, 4) is 11.1 Å². The lowest BCUT2D eigenvalue weighted by Gasteiger charge is -2.05. The van der Waals surface area contributed by atoms with Crippen LogP contribution in [0.2, 0.25) is 0 Å². The van der Waals surface area contributed by atoms with Crippen molar-refractivity contribution in [1.82, 2.24) is 0 Å². The molecule has 0 unspecified atom stereocenters. The molecule has 2 aromatic rings. The lowest BCUT2D eigenvalue weighted by Crippen LogP contribution is -1.95. The summed E-state index contributed by atoms with van der Waals surface area (Å²) in [5.74, 6) is 0.0319. The van der Waals surface area contributed by atoms with Crippen molar-refractivity contribution in [3.05, 3.63) is 54.1 Å². The molecular formula is C14H13NO. The van der Waals surface area contributed by atoms with Crippen LogP contribution in [0.3, 0.4) is 0 Å². The Labute approximate surface area is 94.7 Å². The van der Waals surface area contributed by atoms with Crippen molar-refractivity contribution in [2.45, 2.75) is 6.92 Å². The van der Waals surface area contributed by atoms with E-state index in [1.165, 1.54) is 0 Å². The van der Waals surface area contributed by atoms with Gasteiger partial charge in [0.05, 0.1) is 0 Å². The van der Waals surface area contributed by atoms with Crippen molar-refractivity contribution in [2.75, 3.05) is 5.73 Å². The van der Waals surface area contributed by atoms with E-state index in [-0.39, 0.29) is 5.78 Å². The first kappa shape index (κ1) is 10.4. The number of hydrogen-bond donors (Lipinski definition) is 1. The third-order valence-electron chi connectivity index (χ3n) is 2.47. The van der Waals surface area contributed by atoms with E-state index in [1.54, 1.807) is 13.0 Å². The number of ketones is 1. The van der Waals surface area contributed by atoms with Gasteiger partial charge in [-0.15, -0.1) is 0 Å². The zero-order valence-electron chi connectivity index (χ0n) is 9.10. The standard InChI is InChI=1S/C14H13NO/c1-10(16)12-7-13(9-14(15)8-12)11-5-3-2-4-6-11/h2-9H,15H2,1H3. The second-order valence-corrected chi connectivity index (χ2v) is 3.77.